The van der Waals surface area contributed by atoms with E-state index in [0.717, 1.165) is 0 Å². The van der Waals surface area contributed by atoms with Gasteiger partial charge >= 0.3 is 6.09 Å². The molecule has 0 radical (unpaired) electrons. The van der Waals surface area contributed by atoms with Crippen molar-refractivity contribution in [1.29, 1.82) is 0 Å². The molecule has 25 heavy (non-hydrogen) atoms. The van der Waals surface area contributed by atoms with Crippen LogP contribution in [-0.4, -0.2) is 48.6 Å². The molecule has 0 aliphatic heterocycles. The molecule has 5 N–H and O–H groups in total. The van der Waals surface area contributed by atoms with E-state index in [-0.39, 0.29) is 17.9 Å². The van der Waals surface area contributed by atoms with Crippen LogP contribution in [0.2, 0.25) is 0 Å². The zero-order valence-corrected chi connectivity index (χ0v) is 16.0. The lowest BCUT2D eigenvalue weighted by Crippen LogP contribution is -2.51. The Morgan fingerprint density at radius 1 is 1.00 bits per heavy atom. The van der Waals surface area contributed by atoms with E-state index in [0.29, 0.717) is 44.1 Å². The first-order valence-electron chi connectivity index (χ1n) is 8.86. The summed E-state index contributed by atoms with van der Waals surface area (Å²) in [7, 11) is 0. The molecular weight excluding hydrogens is 324 g/mol. The summed E-state index contributed by atoms with van der Waals surface area (Å²) in [5, 5.41) is 14.1. The fraction of sp³-hybridized carbons (Fsp3) is 0.824. The van der Waals surface area contributed by atoms with Crippen LogP contribution < -0.4 is 21.5 Å². The summed E-state index contributed by atoms with van der Waals surface area (Å²) in [6.07, 6.45) is 0.445. The monoisotopic (exact) mass is 358 g/mol. The van der Waals surface area contributed by atoms with Gasteiger partial charge in [0.15, 0.2) is 0 Å². The van der Waals surface area contributed by atoms with Crippen molar-refractivity contribution in [3.8, 4) is 0 Å². The first kappa shape index (κ1) is 23.3. The van der Waals surface area contributed by atoms with Crippen LogP contribution in [0.25, 0.3) is 0 Å². The summed E-state index contributed by atoms with van der Waals surface area (Å²) < 4.78 is 0. The summed E-state index contributed by atoms with van der Waals surface area (Å²) >= 11 is 0. The summed E-state index contributed by atoms with van der Waals surface area (Å²) in [4.78, 5) is 33.9. The smallest absolute Gasteiger partial charge is 0.405 e. The van der Waals surface area contributed by atoms with Crippen molar-refractivity contribution in [2.24, 2.45) is 17.8 Å². The van der Waals surface area contributed by atoms with Gasteiger partial charge in [-0.25, -0.2) is 10.2 Å². The quantitative estimate of drug-likeness (QED) is 0.249. The molecular formula is C17H34N4O4. The van der Waals surface area contributed by atoms with Gasteiger partial charge in [-0.3, -0.25) is 10.2 Å². The molecule has 0 saturated heterocycles. The highest BCUT2D eigenvalue weighted by molar-refractivity contribution is 5.81. The molecule has 0 aliphatic carbocycles. The Balaban J connectivity index is 4.47. The summed E-state index contributed by atoms with van der Waals surface area (Å²) in [6.45, 7) is 11.3. The third-order valence-electron chi connectivity index (χ3n) is 3.59. The lowest BCUT2D eigenvalue weighted by atomic mass is 10.00. The number of hydrazine groups is 1. The van der Waals surface area contributed by atoms with Gasteiger partial charge < -0.3 is 20.5 Å². The molecule has 0 saturated carbocycles. The normalized spacial score (nSPS) is 14.8. The maximum absolute atomic E-state index is 12.3. The second kappa shape index (κ2) is 12.7. The molecule has 0 aromatic rings. The SMILES string of the molecule is CC(C)CNNC(=O)[C@H](CC(C)C)NC[C@@H](C)CC(C=O)NC(=O)O. The van der Waals surface area contributed by atoms with Crippen LogP contribution in [0.15, 0.2) is 0 Å². The highest BCUT2D eigenvalue weighted by atomic mass is 16.4. The topological polar surface area (TPSA) is 120 Å². The van der Waals surface area contributed by atoms with Crippen LogP contribution in [0.5, 0.6) is 0 Å². The van der Waals surface area contributed by atoms with Crippen LogP contribution in [0.4, 0.5) is 4.79 Å². The maximum atomic E-state index is 12.3. The molecule has 0 spiro atoms. The average molecular weight is 358 g/mol. The highest BCUT2D eigenvalue weighted by Gasteiger charge is 2.21. The van der Waals surface area contributed by atoms with Crippen LogP contribution in [0.3, 0.4) is 0 Å². The Morgan fingerprint density at radius 3 is 2.12 bits per heavy atom. The molecule has 1 unspecified atom stereocenters. The van der Waals surface area contributed by atoms with Crippen molar-refractivity contribution in [2.75, 3.05) is 13.1 Å². The van der Waals surface area contributed by atoms with E-state index in [1.165, 1.54) is 0 Å². The van der Waals surface area contributed by atoms with E-state index in [1.807, 2.05) is 20.8 Å². The zero-order chi connectivity index (χ0) is 19.4. The number of amides is 2. The number of hydrogen-bond donors (Lipinski definition) is 5. The van der Waals surface area contributed by atoms with E-state index in [1.54, 1.807) is 0 Å². The van der Waals surface area contributed by atoms with E-state index >= 15 is 0 Å². The fourth-order valence-electron chi connectivity index (χ4n) is 2.35. The fourth-order valence-corrected chi connectivity index (χ4v) is 2.35. The van der Waals surface area contributed by atoms with Gasteiger partial charge in [-0.1, -0.05) is 34.6 Å². The Bertz CT molecular complexity index is 415. The van der Waals surface area contributed by atoms with Crippen molar-refractivity contribution in [3.05, 3.63) is 0 Å². The molecule has 8 nitrogen and oxygen atoms in total. The molecule has 0 bridgehead atoms. The molecule has 0 aromatic heterocycles. The van der Waals surface area contributed by atoms with Crippen LogP contribution in [-0.2, 0) is 9.59 Å². The summed E-state index contributed by atoms with van der Waals surface area (Å²) in [6, 6.07) is -1.08. The van der Waals surface area contributed by atoms with E-state index in [4.69, 9.17) is 5.11 Å². The number of carbonyl (C=O) groups is 3. The third kappa shape index (κ3) is 12.4. The lowest BCUT2D eigenvalue weighted by molar-refractivity contribution is -0.124. The number of carboxylic acid groups (broad SMARTS) is 1. The molecule has 0 aliphatic rings. The number of nitrogens with one attached hydrogen (secondary N) is 4. The van der Waals surface area contributed by atoms with E-state index in [2.05, 4.69) is 35.3 Å². The Kier molecular flexibility index (Phi) is 11.8. The van der Waals surface area contributed by atoms with Gasteiger partial charge in [0.05, 0.1) is 12.1 Å². The minimum Gasteiger partial charge on any atom is -0.465 e. The number of carbonyl (C=O) groups excluding carboxylic acids is 2. The molecule has 0 rings (SSSR count). The van der Waals surface area contributed by atoms with Gasteiger partial charge in [0, 0.05) is 6.54 Å². The second-order valence-corrected chi connectivity index (χ2v) is 7.39. The molecule has 8 heteroatoms. The van der Waals surface area contributed by atoms with Crippen LogP contribution in [0.1, 0.15) is 47.5 Å². The van der Waals surface area contributed by atoms with Crippen molar-refractivity contribution in [1.82, 2.24) is 21.5 Å². The predicted octanol–water partition coefficient (Wildman–Crippen LogP) is 1.13. The Hall–Kier alpha value is -1.67. The second-order valence-electron chi connectivity index (χ2n) is 7.39. The van der Waals surface area contributed by atoms with Gasteiger partial charge in [-0.15, -0.1) is 0 Å². The van der Waals surface area contributed by atoms with Gasteiger partial charge in [0.2, 0.25) is 0 Å². The standard InChI is InChI=1S/C17H34N4O4/c1-11(2)6-15(16(23)21-19-8-12(3)4)18-9-13(5)7-14(10-22)20-17(24)25/h10-15,18-20H,6-9H2,1-5H3,(H,21,23)(H,24,25)/t13-,14?,15-/m0/s1. The Labute approximate surface area is 150 Å². The summed E-state index contributed by atoms with van der Waals surface area (Å²) in [5.74, 6) is 0.698. The van der Waals surface area contributed by atoms with Gasteiger partial charge in [0.1, 0.15) is 6.29 Å². The minimum atomic E-state index is -1.22. The van der Waals surface area contributed by atoms with Gasteiger partial charge in [0.25, 0.3) is 5.91 Å². The summed E-state index contributed by atoms with van der Waals surface area (Å²) in [5.41, 5.74) is 5.65. The zero-order valence-electron chi connectivity index (χ0n) is 16.0. The molecule has 0 fully saturated rings. The largest absolute Gasteiger partial charge is 0.465 e. The minimum absolute atomic E-state index is 0.0353. The molecule has 0 heterocycles. The van der Waals surface area contributed by atoms with Crippen molar-refractivity contribution in [2.45, 2.75) is 59.5 Å². The number of aldehydes is 1. The average Bonchev–Trinajstić information content (AvgIpc) is 2.49. The van der Waals surface area contributed by atoms with Crippen LogP contribution in [0, 0.1) is 17.8 Å². The van der Waals surface area contributed by atoms with Crippen molar-refractivity contribution >= 4 is 18.3 Å². The lowest BCUT2D eigenvalue weighted by Gasteiger charge is -2.23. The van der Waals surface area contributed by atoms with E-state index < -0.39 is 12.1 Å². The molecule has 3 atom stereocenters. The van der Waals surface area contributed by atoms with Crippen LogP contribution >= 0.6 is 0 Å². The molecule has 0 aromatic carbocycles. The number of hydrogen-bond acceptors (Lipinski definition) is 5. The highest BCUT2D eigenvalue weighted by Crippen LogP contribution is 2.08. The van der Waals surface area contributed by atoms with Gasteiger partial charge in [-0.2, -0.15) is 0 Å². The predicted molar refractivity (Wildman–Crippen MR) is 97.0 cm³/mol. The maximum Gasteiger partial charge on any atom is 0.405 e. The molecule has 2 amide bonds. The van der Waals surface area contributed by atoms with Crippen molar-refractivity contribution < 1.29 is 19.5 Å². The number of rotatable bonds is 13. The molecule has 146 valence electrons. The first-order chi connectivity index (χ1) is 11.6. The Morgan fingerprint density at radius 2 is 1.64 bits per heavy atom. The first-order valence-corrected chi connectivity index (χ1v) is 8.86. The van der Waals surface area contributed by atoms with Gasteiger partial charge in [-0.05, 0) is 37.1 Å². The van der Waals surface area contributed by atoms with Crippen molar-refractivity contribution in [3.63, 3.8) is 0 Å². The van der Waals surface area contributed by atoms with E-state index in [9.17, 15) is 14.4 Å². The third-order valence-corrected chi connectivity index (χ3v) is 3.59.